The largest absolute Gasteiger partial charge is 0.497 e. The highest BCUT2D eigenvalue weighted by atomic mass is 16.5. The van der Waals surface area contributed by atoms with Gasteiger partial charge in [0, 0.05) is 29.4 Å². The van der Waals surface area contributed by atoms with Crippen molar-refractivity contribution in [2.24, 2.45) is 0 Å². The summed E-state index contributed by atoms with van der Waals surface area (Å²) in [5.41, 5.74) is 2.65. The van der Waals surface area contributed by atoms with E-state index in [9.17, 15) is 9.59 Å². The lowest BCUT2D eigenvalue weighted by Gasteiger charge is -2.48. The Labute approximate surface area is 184 Å². The number of anilines is 1. The molecule has 2 heterocycles. The van der Waals surface area contributed by atoms with E-state index in [1.54, 1.807) is 31.4 Å². The maximum Gasteiger partial charge on any atom is 0.251 e. The van der Waals surface area contributed by atoms with Crippen molar-refractivity contribution in [3.63, 3.8) is 0 Å². The van der Waals surface area contributed by atoms with Gasteiger partial charge in [0.25, 0.3) is 5.91 Å². The number of nitrogens with zero attached hydrogens (tertiary/aromatic N) is 1. The molecule has 2 amide bonds. The Morgan fingerprint density at radius 2 is 1.65 bits per heavy atom. The number of aryl methyl sites for hydroxylation is 1. The second-order valence-corrected chi connectivity index (χ2v) is 8.70. The van der Waals surface area contributed by atoms with E-state index in [1.807, 2.05) is 31.2 Å². The van der Waals surface area contributed by atoms with Crippen LogP contribution in [-0.2, 0) is 4.79 Å². The lowest BCUT2D eigenvalue weighted by atomic mass is 9.81. The molecule has 31 heavy (non-hydrogen) atoms. The molecule has 6 nitrogen and oxygen atoms in total. The van der Waals surface area contributed by atoms with Crippen molar-refractivity contribution >= 4 is 17.5 Å². The third-order valence-corrected chi connectivity index (χ3v) is 6.47. The molecule has 4 rings (SSSR count). The lowest BCUT2D eigenvalue weighted by molar-refractivity contribution is -0.120. The number of nitrogens with one attached hydrogen (secondary N) is 2. The third kappa shape index (κ3) is 5.25. The van der Waals surface area contributed by atoms with Crippen molar-refractivity contribution in [3.05, 3.63) is 59.7 Å². The minimum absolute atomic E-state index is 0.0291. The predicted octanol–water partition coefficient (Wildman–Crippen LogP) is 3.76. The first-order valence-electron chi connectivity index (χ1n) is 11.1. The third-order valence-electron chi connectivity index (χ3n) is 6.47. The summed E-state index contributed by atoms with van der Waals surface area (Å²) in [6.07, 6.45) is 5.10. The van der Waals surface area contributed by atoms with Crippen molar-refractivity contribution < 1.29 is 14.3 Å². The van der Waals surface area contributed by atoms with Crippen LogP contribution in [0.1, 0.15) is 48.0 Å². The van der Waals surface area contributed by atoms with Crippen LogP contribution in [-0.4, -0.2) is 48.5 Å². The van der Waals surface area contributed by atoms with E-state index in [0.717, 1.165) is 37.1 Å². The van der Waals surface area contributed by atoms with E-state index in [-0.39, 0.29) is 17.9 Å². The van der Waals surface area contributed by atoms with Gasteiger partial charge in [-0.3, -0.25) is 14.5 Å². The molecule has 2 atom stereocenters. The molecule has 0 radical (unpaired) electrons. The molecule has 0 aromatic heterocycles. The molecule has 2 fully saturated rings. The summed E-state index contributed by atoms with van der Waals surface area (Å²) in [5.74, 6) is 0.723. The van der Waals surface area contributed by atoms with Crippen LogP contribution < -0.4 is 15.4 Å². The second-order valence-electron chi connectivity index (χ2n) is 8.70. The number of hydrogen-bond acceptors (Lipinski definition) is 4. The Kier molecular flexibility index (Phi) is 6.56. The lowest BCUT2D eigenvalue weighted by Crippen LogP contribution is -2.58. The molecule has 0 aliphatic carbocycles. The number of methoxy groups -OCH3 is 1. The first-order chi connectivity index (χ1) is 15.0. The highest BCUT2D eigenvalue weighted by Gasteiger charge is 2.39. The van der Waals surface area contributed by atoms with Crippen LogP contribution >= 0.6 is 0 Å². The van der Waals surface area contributed by atoms with Gasteiger partial charge in [0.1, 0.15) is 5.75 Å². The zero-order chi connectivity index (χ0) is 21.8. The molecular formula is C25H31N3O3. The van der Waals surface area contributed by atoms with Crippen LogP contribution in [0.25, 0.3) is 0 Å². The summed E-state index contributed by atoms with van der Waals surface area (Å²) in [5, 5.41) is 6.23. The van der Waals surface area contributed by atoms with E-state index in [0.29, 0.717) is 24.2 Å². The normalized spacial score (nSPS) is 23.1. The summed E-state index contributed by atoms with van der Waals surface area (Å²) in [4.78, 5) is 27.7. The monoisotopic (exact) mass is 421 g/mol. The average Bonchev–Trinajstić information content (AvgIpc) is 2.76. The molecule has 2 aromatic carbocycles. The maximum atomic E-state index is 12.7. The van der Waals surface area contributed by atoms with Gasteiger partial charge in [-0.2, -0.15) is 0 Å². The number of carbonyl (C=O) groups excluding carboxylic acids is 2. The van der Waals surface area contributed by atoms with Crippen molar-refractivity contribution in [1.29, 1.82) is 0 Å². The Balaban J connectivity index is 1.34. The summed E-state index contributed by atoms with van der Waals surface area (Å²) in [6.45, 7) is 2.44. The van der Waals surface area contributed by atoms with Gasteiger partial charge in [-0.15, -0.1) is 0 Å². The second kappa shape index (κ2) is 9.52. The fourth-order valence-corrected chi connectivity index (χ4v) is 4.87. The van der Waals surface area contributed by atoms with Crippen molar-refractivity contribution in [1.82, 2.24) is 10.2 Å². The van der Waals surface area contributed by atoms with Crippen molar-refractivity contribution in [2.75, 3.05) is 19.0 Å². The van der Waals surface area contributed by atoms with Gasteiger partial charge in [0.05, 0.1) is 13.7 Å². The van der Waals surface area contributed by atoms with Crippen molar-refractivity contribution in [2.45, 2.75) is 57.2 Å². The summed E-state index contributed by atoms with van der Waals surface area (Å²) in [6, 6.07) is 15.9. The molecule has 2 aromatic rings. The van der Waals surface area contributed by atoms with E-state index in [4.69, 9.17) is 4.74 Å². The van der Waals surface area contributed by atoms with Gasteiger partial charge in [-0.25, -0.2) is 0 Å². The molecular weight excluding hydrogens is 390 g/mol. The predicted molar refractivity (Wildman–Crippen MR) is 121 cm³/mol. The van der Waals surface area contributed by atoms with Gasteiger partial charge in [-0.1, -0.05) is 24.1 Å². The van der Waals surface area contributed by atoms with Crippen LogP contribution in [0.3, 0.4) is 0 Å². The standard InChI is InChI=1S/C25H31N3O3/c1-17-6-10-19(11-7-17)26-24(29)16-28-21-4-3-5-22(28)15-20(14-21)27-25(30)18-8-12-23(31-2)13-9-18/h6-13,20-22H,3-5,14-16H2,1-2H3,(H,26,29)(H,27,30). The number of fused-ring (bicyclic) bond motifs is 2. The molecule has 2 N–H and O–H groups in total. The van der Waals surface area contributed by atoms with Crippen LogP contribution in [0.5, 0.6) is 5.75 Å². The highest BCUT2D eigenvalue weighted by molar-refractivity contribution is 5.94. The highest BCUT2D eigenvalue weighted by Crippen LogP contribution is 2.34. The maximum absolute atomic E-state index is 12.7. The summed E-state index contributed by atoms with van der Waals surface area (Å²) < 4.78 is 5.17. The van der Waals surface area contributed by atoms with E-state index in [2.05, 4.69) is 15.5 Å². The Morgan fingerprint density at radius 1 is 1.00 bits per heavy atom. The molecule has 2 unspecified atom stereocenters. The van der Waals surface area contributed by atoms with Crippen molar-refractivity contribution in [3.8, 4) is 5.75 Å². The fourth-order valence-electron chi connectivity index (χ4n) is 4.87. The minimum atomic E-state index is -0.0451. The number of rotatable bonds is 6. The number of carbonyl (C=O) groups is 2. The number of ether oxygens (including phenoxy) is 1. The van der Waals surface area contributed by atoms with Crippen LogP contribution in [0, 0.1) is 6.92 Å². The fraction of sp³-hybridized carbons (Fsp3) is 0.440. The number of piperidine rings is 2. The van der Waals surface area contributed by atoms with E-state index in [1.165, 1.54) is 12.0 Å². The van der Waals surface area contributed by atoms with Gasteiger partial charge in [-0.05, 0) is 69.0 Å². The van der Waals surface area contributed by atoms with Gasteiger partial charge < -0.3 is 15.4 Å². The summed E-state index contributed by atoms with van der Waals surface area (Å²) >= 11 is 0. The number of hydrogen-bond donors (Lipinski definition) is 2. The van der Waals surface area contributed by atoms with E-state index < -0.39 is 0 Å². The first kappa shape index (κ1) is 21.4. The van der Waals surface area contributed by atoms with Crippen LogP contribution in [0.4, 0.5) is 5.69 Å². The SMILES string of the molecule is COc1ccc(C(=O)NC2CC3CCCC(C2)N3CC(=O)Nc2ccc(C)cc2)cc1. The molecule has 2 aliphatic rings. The Morgan fingerprint density at radius 3 is 2.26 bits per heavy atom. The zero-order valence-electron chi connectivity index (χ0n) is 18.3. The van der Waals surface area contributed by atoms with Gasteiger partial charge in [0.2, 0.25) is 5.91 Å². The van der Waals surface area contributed by atoms with Crippen LogP contribution in [0.15, 0.2) is 48.5 Å². The summed E-state index contributed by atoms with van der Waals surface area (Å²) in [7, 11) is 1.61. The van der Waals surface area contributed by atoms with E-state index >= 15 is 0 Å². The number of amides is 2. The smallest absolute Gasteiger partial charge is 0.251 e. The molecule has 2 saturated heterocycles. The molecule has 0 spiro atoms. The zero-order valence-corrected chi connectivity index (χ0v) is 18.3. The first-order valence-corrected chi connectivity index (χ1v) is 11.1. The Hall–Kier alpha value is -2.86. The minimum Gasteiger partial charge on any atom is -0.497 e. The Bertz CT molecular complexity index is 897. The molecule has 0 saturated carbocycles. The van der Waals surface area contributed by atoms with Gasteiger partial charge in [0.15, 0.2) is 0 Å². The average molecular weight is 422 g/mol. The molecule has 2 bridgehead atoms. The van der Waals surface area contributed by atoms with Gasteiger partial charge >= 0.3 is 0 Å². The molecule has 2 aliphatic heterocycles. The molecule has 6 heteroatoms. The molecule has 164 valence electrons. The van der Waals surface area contributed by atoms with Crippen LogP contribution in [0.2, 0.25) is 0 Å². The topological polar surface area (TPSA) is 70.7 Å². The quantitative estimate of drug-likeness (QED) is 0.745. The number of benzene rings is 2.